The molecule has 0 bridgehead atoms. The van der Waals surface area contributed by atoms with Gasteiger partial charge in [0.1, 0.15) is 5.75 Å². The number of amides is 1. The Morgan fingerprint density at radius 1 is 1.39 bits per heavy atom. The maximum atomic E-state index is 11.5. The topological polar surface area (TPSA) is 46.6 Å². The molecule has 0 saturated heterocycles. The second-order valence-electron chi connectivity index (χ2n) is 4.13. The van der Waals surface area contributed by atoms with E-state index < -0.39 is 11.7 Å². The number of benzene rings is 1. The Morgan fingerprint density at radius 3 is 2.50 bits per heavy atom. The molecule has 0 saturated carbocycles. The van der Waals surface area contributed by atoms with Gasteiger partial charge in [0.15, 0.2) is 0 Å². The first-order valence-electron chi connectivity index (χ1n) is 5.45. The Kier molecular flexibility index (Phi) is 4.73. The van der Waals surface area contributed by atoms with Crippen LogP contribution < -0.4 is 4.74 Å². The van der Waals surface area contributed by atoms with E-state index in [4.69, 9.17) is 16.3 Å². The fraction of sp³-hybridized carbons (Fsp3) is 0.385. The van der Waals surface area contributed by atoms with E-state index in [0.29, 0.717) is 17.3 Å². The number of ether oxygens (including phenoxy) is 1. The van der Waals surface area contributed by atoms with Crippen molar-refractivity contribution in [1.29, 1.82) is 0 Å². The zero-order valence-electron chi connectivity index (χ0n) is 10.9. The minimum Gasteiger partial charge on any atom is -0.495 e. The fourth-order valence-corrected chi connectivity index (χ4v) is 1.88. The molecule has 0 N–H and O–H groups in total. The van der Waals surface area contributed by atoms with Crippen LogP contribution in [0.25, 0.3) is 0 Å². The Hall–Kier alpha value is -1.55. The lowest BCUT2D eigenvalue weighted by Gasteiger charge is -2.18. The Morgan fingerprint density at radius 2 is 2.00 bits per heavy atom. The number of carbonyl (C=O) groups is 2. The van der Waals surface area contributed by atoms with Crippen molar-refractivity contribution < 1.29 is 14.3 Å². The highest BCUT2D eigenvalue weighted by molar-refractivity contribution is 6.35. The number of carbonyl (C=O) groups excluding carboxylic acids is 2. The van der Waals surface area contributed by atoms with Crippen LogP contribution in [-0.2, 0) is 16.1 Å². The predicted molar refractivity (Wildman–Crippen MR) is 69.9 cm³/mol. The number of aryl methyl sites for hydroxylation is 1. The molecular formula is C13H16ClNO3. The van der Waals surface area contributed by atoms with Gasteiger partial charge in [-0.2, -0.15) is 0 Å². The summed E-state index contributed by atoms with van der Waals surface area (Å²) in [6.45, 7) is 3.50. The van der Waals surface area contributed by atoms with E-state index >= 15 is 0 Å². The van der Waals surface area contributed by atoms with Crippen LogP contribution in [0.3, 0.4) is 0 Å². The lowest BCUT2D eigenvalue weighted by Crippen LogP contribution is -2.31. The minimum atomic E-state index is -0.513. The van der Waals surface area contributed by atoms with Gasteiger partial charge in [-0.15, -0.1) is 0 Å². The molecule has 0 spiro atoms. The summed E-state index contributed by atoms with van der Waals surface area (Å²) in [5.74, 6) is -0.394. The second kappa shape index (κ2) is 5.87. The van der Waals surface area contributed by atoms with Gasteiger partial charge in [-0.05, 0) is 30.2 Å². The average Bonchev–Trinajstić information content (AvgIpc) is 2.32. The third kappa shape index (κ3) is 3.23. The molecule has 4 nitrogen and oxygen atoms in total. The fourth-order valence-electron chi connectivity index (χ4n) is 1.62. The van der Waals surface area contributed by atoms with Gasteiger partial charge >= 0.3 is 0 Å². The quantitative estimate of drug-likeness (QED) is 0.788. The number of likely N-dealkylation sites (N-methyl/N-ethyl adjacent to an activating group) is 1. The second-order valence-corrected chi connectivity index (χ2v) is 4.54. The number of ketones is 1. The molecule has 0 aromatic heterocycles. The van der Waals surface area contributed by atoms with Gasteiger partial charge in [0.05, 0.1) is 12.1 Å². The summed E-state index contributed by atoms with van der Waals surface area (Å²) in [5.41, 5.74) is 1.84. The van der Waals surface area contributed by atoms with Crippen LogP contribution >= 0.6 is 11.6 Å². The maximum absolute atomic E-state index is 11.5. The first kappa shape index (κ1) is 14.5. The zero-order valence-corrected chi connectivity index (χ0v) is 11.7. The van der Waals surface area contributed by atoms with Crippen LogP contribution in [-0.4, -0.2) is 30.7 Å². The monoisotopic (exact) mass is 269 g/mol. The number of hydrogen-bond donors (Lipinski definition) is 0. The lowest BCUT2D eigenvalue weighted by molar-refractivity contribution is -0.143. The van der Waals surface area contributed by atoms with E-state index in [1.54, 1.807) is 20.2 Å². The van der Waals surface area contributed by atoms with E-state index in [1.165, 1.54) is 11.8 Å². The van der Waals surface area contributed by atoms with Crippen LogP contribution in [0.4, 0.5) is 0 Å². The van der Waals surface area contributed by atoms with Crippen molar-refractivity contribution in [2.75, 3.05) is 14.2 Å². The first-order valence-corrected chi connectivity index (χ1v) is 5.83. The van der Waals surface area contributed by atoms with E-state index in [0.717, 1.165) is 11.1 Å². The predicted octanol–water partition coefficient (Wildman–Crippen LogP) is 2.20. The van der Waals surface area contributed by atoms with Crippen molar-refractivity contribution in [2.24, 2.45) is 0 Å². The van der Waals surface area contributed by atoms with Crippen LogP contribution in [0, 0.1) is 6.92 Å². The normalized spacial score (nSPS) is 10.1. The Balaban J connectivity index is 2.95. The number of methoxy groups -OCH3 is 1. The van der Waals surface area contributed by atoms with Gasteiger partial charge in [-0.25, -0.2) is 0 Å². The Bertz CT molecular complexity index is 485. The maximum Gasteiger partial charge on any atom is 0.289 e. The highest BCUT2D eigenvalue weighted by atomic mass is 35.5. The van der Waals surface area contributed by atoms with Gasteiger partial charge < -0.3 is 9.64 Å². The number of Topliss-reactive ketones (excluding diaryl/α,β-unsaturated/α-hetero) is 1. The molecule has 0 fully saturated rings. The number of nitrogens with zero attached hydrogens (tertiary/aromatic N) is 1. The van der Waals surface area contributed by atoms with Crippen molar-refractivity contribution in [3.8, 4) is 5.75 Å². The summed E-state index contributed by atoms with van der Waals surface area (Å²) < 4.78 is 5.10. The van der Waals surface area contributed by atoms with Gasteiger partial charge in [-0.3, -0.25) is 9.59 Å². The van der Waals surface area contributed by atoms with Crippen LogP contribution in [0.2, 0.25) is 5.02 Å². The molecule has 0 radical (unpaired) electrons. The molecule has 1 aromatic carbocycles. The summed E-state index contributed by atoms with van der Waals surface area (Å²) in [6, 6.07) is 3.56. The largest absolute Gasteiger partial charge is 0.495 e. The summed E-state index contributed by atoms with van der Waals surface area (Å²) in [4.78, 5) is 23.8. The zero-order chi connectivity index (χ0) is 13.9. The van der Waals surface area contributed by atoms with E-state index in [1.807, 2.05) is 13.0 Å². The SMILES string of the molecule is COc1cc(C)c(CN(C)C(=O)C(C)=O)cc1Cl. The number of halogens is 1. The molecule has 0 aliphatic heterocycles. The van der Waals surface area contributed by atoms with Crippen molar-refractivity contribution in [3.05, 3.63) is 28.3 Å². The molecule has 18 heavy (non-hydrogen) atoms. The van der Waals surface area contributed by atoms with Gasteiger partial charge in [0, 0.05) is 20.5 Å². The van der Waals surface area contributed by atoms with Gasteiger partial charge in [0.2, 0.25) is 5.78 Å². The Labute approximate surface area is 111 Å². The third-order valence-electron chi connectivity index (χ3n) is 2.67. The summed E-state index contributed by atoms with van der Waals surface area (Å²) in [5, 5.41) is 0.488. The van der Waals surface area contributed by atoms with Crippen LogP contribution in [0.1, 0.15) is 18.1 Å². The molecule has 0 aliphatic carbocycles. The molecular weight excluding hydrogens is 254 g/mol. The van der Waals surface area contributed by atoms with E-state index in [2.05, 4.69) is 0 Å². The molecule has 0 aliphatic rings. The van der Waals surface area contributed by atoms with E-state index in [-0.39, 0.29) is 0 Å². The number of hydrogen-bond acceptors (Lipinski definition) is 3. The van der Waals surface area contributed by atoms with Gasteiger partial charge in [-0.1, -0.05) is 11.6 Å². The molecule has 0 atom stereocenters. The molecule has 1 aromatic rings. The first-order chi connectivity index (χ1) is 8.36. The number of rotatable bonds is 4. The molecule has 98 valence electrons. The minimum absolute atomic E-state index is 0.341. The molecule has 5 heteroatoms. The molecule has 1 rings (SSSR count). The third-order valence-corrected chi connectivity index (χ3v) is 2.96. The molecule has 0 unspecified atom stereocenters. The van der Waals surface area contributed by atoms with Gasteiger partial charge in [0.25, 0.3) is 5.91 Å². The average molecular weight is 270 g/mol. The molecule has 0 heterocycles. The highest BCUT2D eigenvalue weighted by Gasteiger charge is 2.15. The summed E-state index contributed by atoms with van der Waals surface area (Å²) in [6.07, 6.45) is 0. The smallest absolute Gasteiger partial charge is 0.289 e. The summed E-state index contributed by atoms with van der Waals surface area (Å²) >= 11 is 6.03. The van der Waals surface area contributed by atoms with Crippen LogP contribution in [0.5, 0.6) is 5.75 Å². The highest BCUT2D eigenvalue weighted by Crippen LogP contribution is 2.28. The standard InChI is InChI=1S/C13H16ClNO3/c1-8-5-12(18-4)11(14)6-10(8)7-15(3)13(17)9(2)16/h5-6H,7H2,1-4H3. The van der Waals surface area contributed by atoms with Crippen LogP contribution in [0.15, 0.2) is 12.1 Å². The summed E-state index contributed by atoms with van der Waals surface area (Å²) in [7, 11) is 3.13. The van der Waals surface area contributed by atoms with Crippen molar-refractivity contribution >= 4 is 23.3 Å². The van der Waals surface area contributed by atoms with E-state index in [9.17, 15) is 9.59 Å². The van der Waals surface area contributed by atoms with Crippen molar-refractivity contribution in [3.63, 3.8) is 0 Å². The lowest BCUT2D eigenvalue weighted by atomic mass is 10.1. The van der Waals surface area contributed by atoms with Crippen molar-refractivity contribution in [2.45, 2.75) is 20.4 Å². The van der Waals surface area contributed by atoms with Crippen molar-refractivity contribution in [1.82, 2.24) is 4.90 Å². The molecule has 1 amide bonds.